The van der Waals surface area contributed by atoms with E-state index in [1.165, 1.54) is 0 Å². The van der Waals surface area contributed by atoms with Crippen molar-refractivity contribution in [2.75, 3.05) is 28.4 Å². The molecule has 0 aliphatic carbocycles. The zero-order valence-electron chi connectivity index (χ0n) is 14.5. The minimum atomic E-state index is 0.427. The molecule has 3 aromatic rings. The summed E-state index contributed by atoms with van der Waals surface area (Å²) >= 11 is 0. The lowest BCUT2D eigenvalue weighted by Gasteiger charge is -2.10. The number of nitrogens with zero attached hydrogens (tertiary/aromatic N) is 1. The molecule has 1 heterocycles. The molecule has 6 heteroatoms. The van der Waals surface area contributed by atoms with Crippen molar-refractivity contribution >= 4 is 0 Å². The van der Waals surface area contributed by atoms with Crippen LogP contribution in [0.25, 0.3) is 22.8 Å². The second-order valence-electron chi connectivity index (χ2n) is 5.14. The number of ether oxygens (including phenoxy) is 4. The van der Waals surface area contributed by atoms with Crippen LogP contribution in [0.3, 0.4) is 0 Å². The standard InChI is InChI=1S/C19H19NO5/c1-21-12-8-9-15(22-2)14(10-12)17-11-20-19(25-17)13-6-5-7-16(23-3)18(13)24-4/h5-11H,1-4H3. The highest BCUT2D eigenvalue weighted by atomic mass is 16.5. The topological polar surface area (TPSA) is 63.0 Å². The summed E-state index contributed by atoms with van der Waals surface area (Å²) in [5, 5.41) is 0. The first-order valence-electron chi connectivity index (χ1n) is 7.61. The number of aromatic nitrogens is 1. The quantitative estimate of drug-likeness (QED) is 0.674. The van der Waals surface area contributed by atoms with E-state index in [2.05, 4.69) is 4.98 Å². The summed E-state index contributed by atoms with van der Waals surface area (Å²) in [5.41, 5.74) is 1.46. The highest BCUT2D eigenvalue weighted by Gasteiger charge is 2.18. The maximum absolute atomic E-state index is 5.96. The second-order valence-corrected chi connectivity index (χ2v) is 5.14. The minimum absolute atomic E-state index is 0.427. The number of rotatable bonds is 6. The summed E-state index contributed by atoms with van der Waals surface area (Å²) in [4.78, 5) is 4.38. The van der Waals surface area contributed by atoms with Gasteiger partial charge in [0.1, 0.15) is 11.5 Å². The average Bonchev–Trinajstić information content (AvgIpc) is 3.16. The van der Waals surface area contributed by atoms with Gasteiger partial charge in [0.15, 0.2) is 17.3 Å². The van der Waals surface area contributed by atoms with Gasteiger partial charge in [0.05, 0.1) is 45.8 Å². The van der Waals surface area contributed by atoms with Crippen LogP contribution in [-0.4, -0.2) is 33.4 Å². The molecule has 0 saturated carbocycles. The van der Waals surface area contributed by atoms with E-state index < -0.39 is 0 Å². The second kappa shape index (κ2) is 7.17. The lowest BCUT2D eigenvalue weighted by molar-refractivity contribution is 0.355. The summed E-state index contributed by atoms with van der Waals surface area (Å²) in [6.45, 7) is 0. The van der Waals surface area contributed by atoms with Crippen molar-refractivity contribution in [3.63, 3.8) is 0 Å². The molecule has 0 fully saturated rings. The van der Waals surface area contributed by atoms with Crippen LogP contribution in [0, 0.1) is 0 Å². The summed E-state index contributed by atoms with van der Waals surface area (Å²) < 4.78 is 27.4. The molecule has 3 rings (SSSR count). The number of hydrogen-bond acceptors (Lipinski definition) is 6. The van der Waals surface area contributed by atoms with Crippen molar-refractivity contribution in [2.45, 2.75) is 0 Å². The van der Waals surface area contributed by atoms with Crippen LogP contribution in [0.1, 0.15) is 0 Å². The van der Waals surface area contributed by atoms with Gasteiger partial charge in [-0.1, -0.05) is 6.07 Å². The SMILES string of the molecule is COc1ccc(OC)c(-c2cnc(-c3cccc(OC)c3OC)o2)c1. The summed E-state index contributed by atoms with van der Waals surface area (Å²) in [6.07, 6.45) is 1.64. The molecular formula is C19H19NO5. The Balaban J connectivity index is 2.08. The van der Waals surface area contributed by atoms with E-state index in [1.54, 1.807) is 34.6 Å². The number of benzene rings is 2. The molecule has 0 N–H and O–H groups in total. The molecule has 0 unspecified atom stereocenters. The van der Waals surface area contributed by atoms with Crippen LogP contribution in [0.2, 0.25) is 0 Å². The van der Waals surface area contributed by atoms with E-state index in [4.69, 9.17) is 23.4 Å². The molecule has 1 aromatic heterocycles. The Bertz CT molecular complexity index is 856. The van der Waals surface area contributed by atoms with Crippen molar-refractivity contribution in [3.8, 4) is 45.8 Å². The van der Waals surface area contributed by atoms with E-state index in [-0.39, 0.29) is 0 Å². The first-order chi connectivity index (χ1) is 12.2. The Kier molecular flexibility index (Phi) is 4.79. The van der Waals surface area contributed by atoms with Crippen molar-refractivity contribution in [2.24, 2.45) is 0 Å². The monoisotopic (exact) mass is 341 g/mol. The minimum Gasteiger partial charge on any atom is -0.497 e. The fraction of sp³-hybridized carbons (Fsp3) is 0.211. The molecule has 0 saturated heterocycles. The van der Waals surface area contributed by atoms with Gasteiger partial charge in [-0.05, 0) is 30.3 Å². The molecule has 130 valence electrons. The van der Waals surface area contributed by atoms with E-state index in [0.717, 1.165) is 5.56 Å². The molecule has 0 aliphatic heterocycles. The van der Waals surface area contributed by atoms with Crippen molar-refractivity contribution < 1.29 is 23.4 Å². The molecule has 0 bridgehead atoms. The zero-order valence-corrected chi connectivity index (χ0v) is 14.5. The third-order valence-electron chi connectivity index (χ3n) is 3.81. The van der Waals surface area contributed by atoms with Crippen molar-refractivity contribution in [3.05, 3.63) is 42.6 Å². The zero-order chi connectivity index (χ0) is 17.8. The van der Waals surface area contributed by atoms with Gasteiger partial charge < -0.3 is 23.4 Å². The first kappa shape index (κ1) is 16.7. The lowest BCUT2D eigenvalue weighted by Crippen LogP contribution is -1.93. The first-order valence-corrected chi connectivity index (χ1v) is 7.61. The highest BCUT2D eigenvalue weighted by Crippen LogP contribution is 2.40. The smallest absolute Gasteiger partial charge is 0.230 e. The average molecular weight is 341 g/mol. The molecule has 25 heavy (non-hydrogen) atoms. The molecule has 0 spiro atoms. The van der Waals surface area contributed by atoms with Crippen molar-refractivity contribution in [1.82, 2.24) is 4.98 Å². The molecule has 2 aromatic carbocycles. The van der Waals surface area contributed by atoms with E-state index >= 15 is 0 Å². The third kappa shape index (κ3) is 3.10. The fourth-order valence-electron chi connectivity index (χ4n) is 2.59. The fourth-order valence-corrected chi connectivity index (χ4v) is 2.59. The van der Waals surface area contributed by atoms with Crippen molar-refractivity contribution in [1.29, 1.82) is 0 Å². The summed E-state index contributed by atoms with van der Waals surface area (Å²) in [6, 6.07) is 11.0. The Morgan fingerprint density at radius 1 is 0.800 bits per heavy atom. The van der Waals surface area contributed by atoms with Gasteiger partial charge in [0.2, 0.25) is 5.89 Å². The number of hydrogen-bond donors (Lipinski definition) is 0. The summed E-state index contributed by atoms with van der Waals surface area (Å²) in [5.74, 6) is 3.54. The largest absolute Gasteiger partial charge is 0.497 e. The van der Waals surface area contributed by atoms with E-state index in [9.17, 15) is 0 Å². The lowest BCUT2D eigenvalue weighted by atomic mass is 10.1. The van der Waals surface area contributed by atoms with Gasteiger partial charge in [0.25, 0.3) is 0 Å². The van der Waals surface area contributed by atoms with Gasteiger partial charge in [-0.25, -0.2) is 4.98 Å². The molecule has 0 atom stereocenters. The van der Waals surface area contributed by atoms with Crippen LogP contribution in [0.15, 0.2) is 47.0 Å². The highest BCUT2D eigenvalue weighted by molar-refractivity contribution is 5.72. The van der Waals surface area contributed by atoms with Crippen LogP contribution in [0.4, 0.5) is 0 Å². The van der Waals surface area contributed by atoms with Crippen LogP contribution in [-0.2, 0) is 0 Å². The van der Waals surface area contributed by atoms with Gasteiger partial charge >= 0.3 is 0 Å². The number of para-hydroxylation sites is 1. The van der Waals surface area contributed by atoms with Crippen LogP contribution in [0.5, 0.6) is 23.0 Å². The molecule has 6 nitrogen and oxygen atoms in total. The van der Waals surface area contributed by atoms with Crippen LogP contribution < -0.4 is 18.9 Å². The maximum Gasteiger partial charge on any atom is 0.230 e. The van der Waals surface area contributed by atoms with Gasteiger partial charge in [-0.15, -0.1) is 0 Å². The van der Waals surface area contributed by atoms with Gasteiger partial charge in [0, 0.05) is 0 Å². The van der Waals surface area contributed by atoms with Gasteiger partial charge in [-0.3, -0.25) is 0 Å². The third-order valence-corrected chi connectivity index (χ3v) is 3.81. The predicted octanol–water partition coefficient (Wildman–Crippen LogP) is 4.04. The number of methoxy groups -OCH3 is 4. The Hall–Kier alpha value is -3.15. The normalized spacial score (nSPS) is 10.4. The maximum atomic E-state index is 5.96. The molecule has 0 aliphatic rings. The van der Waals surface area contributed by atoms with E-state index in [0.29, 0.717) is 40.2 Å². The Labute approximate surface area is 145 Å². The van der Waals surface area contributed by atoms with E-state index in [1.807, 2.05) is 36.4 Å². The predicted molar refractivity (Wildman–Crippen MR) is 93.6 cm³/mol. The summed E-state index contributed by atoms with van der Waals surface area (Å²) in [7, 11) is 6.38. The Morgan fingerprint density at radius 2 is 1.60 bits per heavy atom. The molecule has 0 radical (unpaired) electrons. The molecule has 0 amide bonds. The van der Waals surface area contributed by atoms with Gasteiger partial charge in [-0.2, -0.15) is 0 Å². The van der Waals surface area contributed by atoms with Crippen LogP contribution >= 0.6 is 0 Å². The molecular weight excluding hydrogens is 322 g/mol. The Morgan fingerprint density at radius 3 is 2.28 bits per heavy atom. The number of oxazole rings is 1.